The lowest BCUT2D eigenvalue weighted by Crippen LogP contribution is -2.34. The van der Waals surface area contributed by atoms with E-state index in [4.69, 9.17) is 11.6 Å². The largest absolute Gasteiger partial charge is 0.303 e. The molecule has 4 heteroatoms. The molecule has 0 aromatic carbocycles. The summed E-state index contributed by atoms with van der Waals surface area (Å²) in [6.07, 6.45) is 4.35. The average molecular weight is 214 g/mol. The molecular formula is C10H16ClN3. The van der Waals surface area contributed by atoms with E-state index in [1.807, 2.05) is 16.9 Å². The minimum Gasteiger partial charge on any atom is -0.303 e. The van der Waals surface area contributed by atoms with Gasteiger partial charge < -0.3 is 4.90 Å². The van der Waals surface area contributed by atoms with Crippen LogP contribution in [-0.2, 0) is 0 Å². The van der Waals surface area contributed by atoms with Gasteiger partial charge in [0.2, 0.25) is 0 Å². The zero-order valence-corrected chi connectivity index (χ0v) is 9.24. The molecule has 0 N–H and O–H groups in total. The molecule has 2 heterocycles. The summed E-state index contributed by atoms with van der Waals surface area (Å²) < 4.78 is 2.01. The van der Waals surface area contributed by atoms with Gasteiger partial charge in [-0.15, -0.1) is 0 Å². The summed E-state index contributed by atoms with van der Waals surface area (Å²) in [4.78, 5) is 2.47. The molecule has 0 amide bonds. The summed E-state index contributed by atoms with van der Waals surface area (Å²) in [6, 6.07) is 2.40. The molecule has 78 valence electrons. The number of piperidine rings is 1. The quantitative estimate of drug-likeness (QED) is 0.751. The highest BCUT2D eigenvalue weighted by Gasteiger charge is 2.19. The molecule has 1 aromatic rings. The second-order valence-corrected chi connectivity index (χ2v) is 4.17. The number of hydrogen-bond donors (Lipinski definition) is 0. The van der Waals surface area contributed by atoms with Gasteiger partial charge in [-0.1, -0.05) is 18.5 Å². The van der Waals surface area contributed by atoms with E-state index in [0.29, 0.717) is 11.2 Å². The van der Waals surface area contributed by atoms with Crippen LogP contribution in [-0.4, -0.2) is 34.3 Å². The van der Waals surface area contributed by atoms with Crippen molar-refractivity contribution in [2.24, 2.45) is 0 Å². The van der Waals surface area contributed by atoms with Gasteiger partial charge in [0.25, 0.3) is 0 Å². The Bertz CT molecular complexity index is 289. The molecule has 0 aliphatic carbocycles. The maximum atomic E-state index is 5.79. The standard InChI is InChI=1S/C10H16ClN3/c1-2-13-6-3-9(4-7-13)14-8-5-10(11)12-14/h5,8-9H,2-4,6-7H2,1H3. The minimum atomic E-state index is 0.547. The van der Waals surface area contributed by atoms with E-state index in [-0.39, 0.29) is 0 Å². The first-order valence-corrected chi connectivity index (χ1v) is 5.60. The van der Waals surface area contributed by atoms with Crippen molar-refractivity contribution in [3.8, 4) is 0 Å². The van der Waals surface area contributed by atoms with E-state index in [0.717, 1.165) is 6.54 Å². The molecule has 0 spiro atoms. The Morgan fingerprint density at radius 2 is 2.21 bits per heavy atom. The molecule has 1 fully saturated rings. The van der Waals surface area contributed by atoms with Gasteiger partial charge in [0.1, 0.15) is 0 Å². The molecule has 3 nitrogen and oxygen atoms in total. The summed E-state index contributed by atoms with van der Waals surface area (Å²) in [6.45, 7) is 5.73. The molecule has 1 saturated heterocycles. The SMILES string of the molecule is CCN1CCC(n2ccc(Cl)n2)CC1. The summed E-state index contributed by atoms with van der Waals surface area (Å²) in [7, 11) is 0. The minimum absolute atomic E-state index is 0.547. The second-order valence-electron chi connectivity index (χ2n) is 3.78. The Hall–Kier alpha value is -0.540. The van der Waals surface area contributed by atoms with Crippen LogP contribution in [0.3, 0.4) is 0 Å². The molecule has 0 saturated carbocycles. The van der Waals surface area contributed by atoms with Gasteiger partial charge >= 0.3 is 0 Å². The van der Waals surface area contributed by atoms with Crippen LogP contribution in [0.25, 0.3) is 0 Å². The van der Waals surface area contributed by atoms with Gasteiger partial charge in [0.05, 0.1) is 6.04 Å². The van der Waals surface area contributed by atoms with Crippen LogP contribution in [0.15, 0.2) is 12.3 Å². The third-order valence-electron chi connectivity index (χ3n) is 2.95. The van der Waals surface area contributed by atoms with Crippen LogP contribution in [0.4, 0.5) is 0 Å². The normalized spacial score (nSPS) is 20.1. The number of nitrogens with zero attached hydrogens (tertiary/aromatic N) is 3. The number of halogens is 1. The van der Waals surface area contributed by atoms with Crippen molar-refractivity contribution in [2.45, 2.75) is 25.8 Å². The molecule has 1 aliphatic heterocycles. The van der Waals surface area contributed by atoms with Crippen LogP contribution < -0.4 is 0 Å². The van der Waals surface area contributed by atoms with E-state index >= 15 is 0 Å². The van der Waals surface area contributed by atoms with Crippen molar-refractivity contribution in [1.82, 2.24) is 14.7 Å². The van der Waals surface area contributed by atoms with Crippen LogP contribution >= 0.6 is 11.6 Å². The lowest BCUT2D eigenvalue weighted by Gasteiger charge is -2.30. The van der Waals surface area contributed by atoms with Gasteiger partial charge in [-0.3, -0.25) is 4.68 Å². The molecule has 0 atom stereocenters. The van der Waals surface area contributed by atoms with Gasteiger partial charge in [0.15, 0.2) is 5.15 Å². The molecule has 0 radical (unpaired) electrons. The molecule has 14 heavy (non-hydrogen) atoms. The highest BCUT2D eigenvalue weighted by molar-refractivity contribution is 6.29. The van der Waals surface area contributed by atoms with E-state index in [1.54, 1.807) is 0 Å². The fourth-order valence-corrected chi connectivity index (χ4v) is 2.16. The molecular weight excluding hydrogens is 198 g/mol. The van der Waals surface area contributed by atoms with E-state index < -0.39 is 0 Å². The monoisotopic (exact) mass is 213 g/mol. The van der Waals surface area contributed by atoms with Crippen molar-refractivity contribution in [1.29, 1.82) is 0 Å². The summed E-state index contributed by atoms with van der Waals surface area (Å²) in [5, 5.41) is 4.85. The molecule has 2 rings (SSSR count). The van der Waals surface area contributed by atoms with Gasteiger partial charge in [0, 0.05) is 19.3 Å². The predicted octanol–water partition coefficient (Wildman–Crippen LogP) is 2.19. The molecule has 1 aromatic heterocycles. The van der Waals surface area contributed by atoms with Crippen molar-refractivity contribution in [3.63, 3.8) is 0 Å². The van der Waals surface area contributed by atoms with Gasteiger partial charge in [-0.05, 0) is 25.5 Å². The fraction of sp³-hybridized carbons (Fsp3) is 0.700. The Morgan fingerprint density at radius 3 is 2.71 bits per heavy atom. The first kappa shape index (κ1) is 9.99. The number of rotatable bonds is 2. The summed E-state index contributed by atoms with van der Waals surface area (Å²) in [5.74, 6) is 0. The molecule has 0 unspecified atom stereocenters. The third kappa shape index (κ3) is 2.10. The van der Waals surface area contributed by atoms with Crippen molar-refractivity contribution < 1.29 is 0 Å². The smallest absolute Gasteiger partial charge is 0.151 e. The van der Waals surface area contributed by atoms with Gasteiger partial charge in [-0.2, -0.15) is 5.10 Å². The Labute approximate surface area is 89.7 Å². The second kappa shape index (κ2) is 4.32. The Balaban J connectivity index is 1.95. The van der Waals surface area contributed by atoms with Crippen LogP contribution in [0, 0.1) is 0 Å². The fourth-order valence-electron chi connectivity index (χ4n) is 2.02. The average Bonchev–Trinajstić information content (AvgIpc) is 2.65. The first-order valence-electron chi connectivity index (χ1n) is 5.22. The zero-order chi connectivity index (χ0) is 9.97. The van der Waals surface area contributed by atoms with E-state index in [2.05, 4.69) is 16.9 Å². The number of aromatic nitrogens is 2. The first-order chi connectivity index (χ1) is 6.79. The number of likely N-dealkylation sites (tertiary alicyclic amines) is 1. The lowest BCUT2D eigenvalue weighted by molar-refractivity contribution is 0.187. The maximum Gasteiger partial charge on any atom is 0.151 e. The van der Waals surface area contributed by atoms with Crippen molar-refractivity contribution >= 4 is 11.6 Å². The predicted molar refractivity (Wildman–Crippen MR) is 57.6 cm³/mol. The Kier molecular flexibility index (Phi) is 3.08. The van der Waals surface area contributed by atoms with Crippen molar-refractivity contribution in [3.05, 3.63) is 17.4 Å². The maximum absolute atomic E-state index is 5.79. The summed E-state index contributed by atoms with van der Waals surface area (Å²) >= 11 is 5.79. The van der Waals surface area contributed by atoms with E-state index in [9.17, 15) is 0 Å². The highest BCUT2D eigenvalue weighted by Crippen LogP contribution is 2.22. The summed E-state index contributed by atoms with van der Waals surface area (Å²) in [5.41, 5.74) is 0. The number of hydrogen-bond acceptors (Lipinski definition) is 2. The third-order valence-corrected chi connectivity index (χ3v) is 3.16. The van der Waals surface area contributed by atoms with Crippen molar-refractivity contribution in [2.75, 3.05) is 19.6 Å². The van der Waals surface area contributed by atoms with Crippen LogP contribution in [0.1, 0.15) is 25.8 Å². The highest BCUT2D eigenvalue weighted by atomic mass is 35.5. The van der Waals surface area contributed by atoms with Crippen LogP contribution in [0.5, 0.6) is 0 Å². The zero-order valence-electron chi connectivity index (χ0n) is 8.49. The van der Waals surface area contributed by atoms with Gasteiger partial charge in [-0.25, -0.2) is 0 Å². The van der Waals surface area contributed by atoms with Crippen LogP contribution in [0.2, 0.25) is 5.15 Å². The Morgan fingerprint density at radius 1 is 1.50 bits per heavy atom. The van der Waals surface area contributed by atoms with E-state index in [1.165, 1.54) is 25.9 Å². The topological polar surface area (TPSA) is 21.1 Å². The molecule has 0 bridgehead atoms. The lowest BCUT2D eigenvalue weighted by atomic mass is 10.1. The molecule has 1 aliphatic rings.